The number of rotatable bonds is 6. The molecule has 2 heterocycles. The van der Waals surface area contributed by atoms with Gasteiger partial charge >= 0.3 is 0 Å². The number of ether oxygens (including phenoxy) is 1. The van der Waals surface area contributed by atoms with Crippen molar-refractivity contribution in [2.75, 3.05) is 20.7 Å². The van der Waals surface area contributed by atoms with Crippen molar-refractivity contribution >= 4 is 11.8 Å². The van der Waals surface area contributed by atoms with Gasteiger partial charge in [0.05, 0.1) is 19.1 Å². The van der Waals surface area contributed by atoms with E-state index in [0.717, 1.165) is 22.4 Å². The van der Waals surface area contributed by atoms with Crippen LogP contribution in [0.2, 0.25) is 0 Å². The molecule has 0 unspecified atom stereocenters. The van der Waals surface area contributed by atoms with Crippen LogP contribution in [-0.2, 0) is 11.2 Å². The van der Waals surface area contributed by atoms with Crippen LogP contribution in [0.4, 0.5) is 0 Å². The number of hydrogen-bond acceptors (Lipinski definition) is 4. The number of amides is 2. The normalized spacial score (nSPS) is 17.7. The van der Waals surface area contributed by atoms with Gasteiger partial charge in [-0.1, -0.05) is 30.3 Å². The second kappa shape index (κ2) is 9.00. The van der Waals surface area contributed by atoms with Gasteiger partial charge in [-0.3, -0.25) is 14.6 Å². The quantitative estimate of drug-likeness (QED) is 0.670. The summed E-state index contributed by atoms with van der Waals surface area (Å²) in [5.41, 5.74) is 3.33. The van der Waals surface area contributed by atoms with Crippen molar-refractivity contribution in [1.82, 2.24) is 15.2 Å². The summed E-state index contributed by atoms with van der Waals surface area (Å²) in [6.07, 6.45) is 4.20. The summed E-state index contributed by atoms with van der Waals surface area (Å²) < 4.78 is 5.27. The number of nitrogens with one attached hydrogen (secondary N) is 1. The maximum absolute atomic E-state index is 13.4. The summed E-state index contributed by atoms with van der Waals surface area (Å²) in [5, 5.41) is 3.08. The molecule has 1 aromatic heterocycles. The van der Waals surface area contributed by atoms with Gasteiger partial charge in [-0.2, -0.15) is 0 Å². The molecule has 4 rings (SSSR count). The third-order valence-electron chi connectivity index (χ3n) is 5.78. The molecule has 0 radical (unpaired) electrons. The third kappa shape index (κ3) is 4.14. The number of carbonyl (C=O) groups is 2. The number of methoxy groups -OCH3 is 1. The first-order valence-corrected chi connectivity index (χ1v) is 10.3. The van der Waals surface area contributed by atoms with E-state index in [1.165, 1.54) is 0 Å². The molecule has 158 valence electrons. The Morgan fingerprint density at radius 3 is 2.48 bits per heavy atom. The average molecular weight is 415 g/mol. The van der Waals surface area contributed by atoms with Crippen LogP contribution >= 0.6 is 0 Å². The Labute approximate surface area is 181 Å². The number of carbonyl (C=O) groups excluding carboxylic acids is 2. The predicted octanol–water partition coefficient (Wildman–Crippen LogP) is 3.36. The summed E-state index contributed by atoms with van der Waals surface area (Å²) in [7, 11) is 3.37. The van der Waals surface area contributed by atoms with Gasteiger partial charge in [0.2, 0.25) is 5.91 Å². The first-order valence-electron chi connectivity index (χ1n) is 10.3. The maximum atomic E-state index is 13.4. The topological polar surface area (TPSA) is 71.5 Å². The largest absolute Gasteiger partial charge is 0.497 e. The van der Waals surface area contributed by atoms with Crippen molar-refractivity contribution in [3.05, 3.63) is 95.3 Å². The van der Waals surface area contributed by atoms with E-state index in [2.05, 4.69) is 10.3 Å². The van der Waals surface area contributed by atoms with Crippen molar-refractivity contribution in [2.24, 2.45) is 0 Å². The van der Waals surface area contributed by atoms with Gasteiger partial charge in [-0.25, -0.2) is 0 Å². The molecule has 1 aliphatic rings. The zero-order chi connectivity index (χ0) is 21.8. The molecular formula is C25H25N3O3. The van der Waals surface area contributed by atoms with Gasteiger partial charge in [-0.05, 0) is 53.4 Å². The molecule has 2 amide bonds. The van der Waals surface area contributed by atoms with Crippen LogP contribution in [0.5, 0.6) is 5.75 Å². The molecule has 0 bridgehead atoms. The summed E-state index contributed by atoms with van der Waals surface area (Å²) in [4.78, 5) is 32.2. The Morgan fingerprint density at radius 2 is 1.77 bits per heavy atom. The minimum Gasteiger partial charge on any atom is -0.497 e. The van der Waals surface area contributed by atoms with Crippen molar-refractivity contribution in [2.45, 2.75) is 18.4 Å². The number of hydrogen-bond donors (Lipinski definition) is 1. The molecule has 2 aromatic carbocycles. The number of nitrogens with zero attached hydrogens (tertiary/aromatic N) is 2. The van der Waals surface area contributed by atoms with Gasteiger partial charge in [-0.15, -0.1) is 0 Å². The number of fused-ring (bicyclic) bond motifs is 1. The Morgan fingerprint density at radius 1 is 1.06 bits per heavy atom. The molecule has 2 atom stereocenters. The standard InChI is InChI=1S/C25H25N3O3/c1-28-23(18-7-9-19(31-2)10-8-18)22(20-5-3-4-6-21(20)25(28)30)24(29)27-16-13-17-11-14-26-15-12-17/h3-12,14-15,22-23H,13,16H2,1-2H3,(H,27,29)/t22-,23+/m1/s1. The molecule has 1 aliphatic heterocycles. The predicted molar refractivity (Wildman–Crippen MR) is 118 cm³/mol. The van der Waals surface area contributed by atoms with Crippen LogP contribution in [0, 0.1) is 0 Å². The van der Waals surface area contributed by atoms with E-state index >= 15 is 0 Å². The fraction of sp³-hybridized carbons (Fsp3) is 0.240. The average Bonchev–Trinajstić information content (AvgIpc) is 2.82. The second-order valence-electron chi connectivity index (χ2n) is 7.60. The first-order chi connectivity index (χ1) is 15.1. The van der Waals surface area contributed by atoms with Gasteiger partial charge in [0.25, 0.3) is 5.91 Å². The number of likely N-dealkylation sites (N-methyl/N-ethyl adjacent to an activating group) is 1. The Bertz CT molecular complexity index is 1070. The molecule has 0 aliphatic carbocycles. The fourth-order valence-electron chi connectivity index (χ4n) is 4.16. The van der Waals surface area contributed by atoms with E-state index in [9.17, 15) is 9.59 Å². The van der Waals surface area contributed by atoms with Crippen LogP contribution in [0.25, 0.3) is 0 Å². The molecule has 0 spiro atoms. The highest BCUT2D eigenvalue weighted by Crippen LogP contribution is 2.42. The first kappa shape index (κ1) is 20.6. The molecular weight excluding hydrogens is 390 g/mol. The highest BCUT2D eigenvalue weighted by molar-refractivity contribution is 6.01. The van der Waals surface area contributed by atoms with Gasteiger partial charge in [0, 0.05) is 31.5 Å². The smallest absolute Gasteiger partial charge is 0.254 e. The van der Waals surface area contributed by atoms with Gasteiger partial charge < -0.3 is 15.0 Å². The van der Waals surface area contributed by atoms with E-state index < -0.39 is 12.0 Å². The van der Waals surface area contributed by atoms with Gasteiger partial charge in [0.1, 0.15) is 5.75 Å². The van der Waals surface area contributed by atoms with E-state index in [4.69, 9.17) is 4.74 Å². The van der Waals surface area contributed by atoms with Crippen LogP contribution < -0.4 is 10.1 Å². The zero-order valence-electron chi connectivity index (χ0n) is 17.6. The lowest BCUT2D eigenvalue weighted by Crippen LogP contribution is -2.45. The summed E-state index contributed by atoms with van der Waals surface area (Å²) in [5.74, 6) is 0.0379. The second-order valence-corrected chi connectivity index (χ2v) is 7.60. The summed E-state index contributed by atoms with van der Waals surface area (Å²) in [6.45, 7) is 0.508. The Balaban J connectivity index is 1.64. The third-order valence-corrected chi connectivity index (χ3v) is 5.78. The van der Waals surface area contributed by atoms with Crippen molar-refractivity contribution in [1.29, 1.82) is 0 Å². The summed E-state index contributed by atoms with van der Waals surface area (Å²) >= 11 is 0. The molecule has 0 saturated carbocycles. The number of aromatic nitrogens is 1. The lowest BCUT2D eigenvalue weighted by molar-refractivity contribution is -0.124. The fourth-order valence-corrected chi connectivity index (χ4v) is 4.16. The minimum atomic E-state index is -0.510. The van der Waals surface area contributed by atoms with Crippen molar-refractivity contribution < 1.29 is 14.3 Å². The number of benzene rings is 2. The van der Waals surface area contributed by atoms with E-state index in [-0.39, 0.29) is 11.8 Å². The molecule has 0 saturated heterocycles. The monoisotopic (exact) mass is 415 g/mol. The molecule has 6 heteroatoms. The van der Waals surface area contributed by atoms with Crippen molar-refractivity contribution in [3.63, 3.8) is 0 Å². The van der Waals surface area contributed by atoms with Crippen LogP contribution in [-0.4, -0.2) is 42.4 Å². The zero-order valence-corrected chi connectivity index (χ0v) is 17.6. The highest BCUT2D eigenvalue weighted by Gasteiger charge is 2.42. The number of pyridine rings is 1. The maximum Gasteiger partial charge on any atom is 0.254 e. The van der Waals surface area contributed by atoms with E-state index in [1.54, 1.807) is 37.5 Å². The molecule has 1 N–H and O–H groups in total. The molecule has 0 fully saturated rings. The highest BCUT2D eigenvalue weighted by atomic mass is 16.5. The van der Waals surface area contributed by atoms with Crippen LogP contribution in [0.15, 0.2) is 73.1 Å². The van der Waals surface area contributed by atoms with Gasteiger partial charge in [0.15, 0.2) is 0 Å². The summed E-state index contributed by atoms with van der Waals surface area (Å²) in [6, 6.07) is 18.4. The molecule has 31 heavy (non-hydrogen) atoms. The lowest BCUT2D eigenvalue weighted by atomic mass is 9.79. The van der Waals surface area contributed by atoms with E-state index in [0.29, 0.717) is 18.5 Å². The van der Waals surface area contributed by atoms with Crippen LogP contribution in [0.1, 0.15) is 39.0 Å². The Kier molecular flexibility index (Phi) is 5.98. The molecule has 6 nitrogen and oxygen atoms in total. The minimum absolute atomic E-state index is 0.0859. The SMILES string of the molecule is COc1ccc([C@H]2[C@H](C(=O)NCCc3ccncc3)c3ccccc3C(=O)N2C)cc1. The van der Waals surface area contributed by atoms with Crippen molar-refractivity contribution in [3.8, 4) is 5.75 Å². The molecule has 3 aromatic rings. The van der Waals surface area contributed by atoms with E-state index in [1.807, 2.05) is 54.6 Å². The Hall–Kier alpha value is -3.67. The van der Waals surface area contributed by atoms with Crippen LogP contribution in [0.3, 0.4) is 0 Å². The lowest BCUT2D eigenvalue weighted by Gasteiger charge is -2.39.